The minimum atomic E-state index is -0.619. The molecule has 0 radical (unpaired) electrons. The molecule has 1 fully saturated rings. The molecule has 0 aliphatic carbocycles. The molecule has 0 saturated carbocycles. The average Bonchev–Trinajstić information content (AvgIpc) is 2.28. The number of ether oxygens (including phenoxy) is 2. The molecule has 1 rings (SSSR count). The summed E-state index contributed by atoms with van der Waals surface area (Å²) >= 11 is 0. The van der Waals surface area contributed by atoms with Crippen LogP contribution in [0.25, 0.3) is 0 Å². The summed E-state index contributed by atoms with van der Waals surface area (Å²) in [4.78, 5) is 21.6. The Kier molecular flexibility index (Phi) is 3.43. The Morgan fingerprint density at radius 2 is 1.36 bits per heavy atom. The predicted molar refractivity (Wildman–Crippen MR) is 46.8 cm³/mol. The molecule has 0 aromatic rings. The van der Waals surface area contributed by atoms with Crippen LogP contribution < -0.4 is 10.6 Å². The van der Waals surface area contributed by atoms with E-state index in [2.05, 4.69) is 10.6 Å². The summed E-state index contributed by atoms with van der Waals surface area (Å²) in [5.74, 6) is -0.467. The highest BCUT2D eigenvalue weighted by Gasteiger charge is 2.34. The first-order valence-corrected chi connectivity index (χ1v) is 4.34. The largest absolute Gasteiger partial charge is 0.327 e. The van der Waals surface area contributed by atoms with Gasteiger partial charge in [-0.1, -0.05) is 0 Å². The molecular formula is C8H14N2O4. The van der Waals surface area contributed by atoms with Gasteiger partial charge in [0.1, 0.15) is 0 Å². The maximum atomic E-state index is 10.8. The molecule has 0 bridgehead atoms. The van der Waals surface area contributed by atoms with Gasteiger partial charge in [0.2, 0.25) is 11.8 Å². The third-order valence-corrected chi connectivity index (χ3v) is 1.64. The number of nitrogens with one attached hydrogen (secondary N) is 2. The average molecular weight is 202 g/mol. The molecule has 2 N–H and O–H groups in total. The first-order chi connectivity index (χ1) is 6.49. The smallest absolute Gasteiger partial charge is 0.218 e. The lowest BCUT2D eigenvalue weighted by Crippen LogP contribution is -2.48. The van der Waals surface area contributed by atoms with Gasteiger partial charge in [0, 0.05) is 13.8 Å². The van der Waals surface area contributed by atoms with E-state index in [1.54, 1.807) is 6.92 Å². The number of rotatable bonds is 2. The summed E-state index contributed by atoms with van der Waals surface area (Å²) in [5, 5.41) is 5.05. The number of carbonyl (C=O) groups is 2. The molecular weight excluding hydrogens is 188 g/mol. The van der Waals surface area contributed by atoms with Crippen molar-refractivity contribution < 1.29 is 19.1 Å². The number of hydrogen-bond acceptors (Lipinski definition) is 4. The zero-order valence-electron chi connectivity index (χ0n) is 8.37. The number of amides is 2. The molecule has 6 nitrogen and oxygen atoms in total. The SMILES string of the molecule is CC(=O)NC1OC(C)OC1NC(C)=O. The lowest BCUT2D eigenvalue weighted by Gasteiger charge is -2.17. The Morgan fingerprint density at radius 1 is 1.00 bits per heavy atom. The van der Waals surface area contributed by atoms with Crippen LogP contribution in [0, 0.1) is 0 Å². The monoisotopic (exact) mass is 202 g/mol. The normalized spacial score (nSPS) is 31.2. The fraction of sp³-hybridized carbons (Fsp3) is 0.750. The molecule has 1 heterocycles. The fourth-order valence-corrected chi connectivity index (χ4v) is 1.21. The van der Waals surface area contributed by atoms with E-state index in [0.717, 1.165) is 0 Å². The van der Waals surface area contributed by atoms with Gasteiger partial charge < -0.3 is 20.1 Å². The van der Waals surface area contributed by atoms with Gasteiger partial charge in [0.25, 0.3) is 0 Å². The fourth-order valence-electron chi connectivity index (χ4n) is 1.21. The standard InChI is InChI=1S/C8H14N2O4/c1-4(11)9-7-8(10-5(2)12)14-6(3)13-7/h6-8H,1-3H3,(H,9,11)(H,10,12). The molecule has 2 amide bonds. The Bertz CT molecular complexity index is 219. The molecule has 0 aromatic carbocycles. The molecule has 1 aliphatic rings. The van der Waals surface area contributed by atoms with Gasteiger partial charge in [-0.25, -0.2) is 0 Å². The second-order valence-corrected chi connectivity index (χ2v) is 3.08. The molecule has 1 saturated heterocycles. The third-order valence-electron chi connectivity index (χ3n) is 1.64. The van der Waals surface area contributed by atoms with E-state index in [9.17, 15) is 9.59 Å². The summed E-state index contributed by atoms with van der Waals surface area (Å²) in [6.07, 6.45) is -1.68. The van der Waals surface area contributed by atoms with E-state index >= 15 is 0 Å². The van der Waals surface area contributed by atoms with E-state index in [1.165, 1.54) is 13.8 Å². The molecule has 80 valence electrons. The second-order valence-electron chi connectivity index (χ2n) is 3.08. The van der Waals surface area contributed by atoms with Crippen molar-refractivity contribution in [1.82, 2.24) is 10.6 Å². The van der Waals surface area contributed by atoms with Gasteiger partial charge in [0.15, 0.2) is 18.7 Å². The number of hydrogen-bond donors (Lipinski definition) is 2. The highest BCUT2D eigenvalue weighted by atomic mass is 16.7. The van der Waals surface area contributed by atoms with Gasteiger partial charge in [0.05, 0.1) is 0 Å². The van der Waals surface area contributed by atoms with Crippen molar-refractivity contribution in [3.63, 3.8) is 0 Å². The Morgan fingerprint density at radius 3 is 1.64 bits per heavy atom. The van der Waals surface area contributed by atoms with Crippen LogP contribution in [0.15, 0.2) is 0 Å². The van der Waals surface area contributed by atoms with Crippen molar-refractivity contribution >= 4 is 11.8 Å². The Labute approximate surface area is 81.9 Å². The third kappa shape index (κ3) is 2.97. The quantitative estimate of drug-likeness (QED) is 0.621. The van der Waals surface area contributed by atoms with Crippen LogP contribution in [0.4, 0.5) is 0 Å². The van der Waals surface area contributed by atoms with Crippen molar-refractivity contribution in [3.8, 4) is 0 Å². The molecule has 14 heavy (non-hydrogen) atoms. The summed E-state index contributed by atoms with van der Waals surface area (Å²) in [5.41, 5.74) is 0. The maximum Gasteiger partial charge on any atom is 0.218 e. The molecule has 0 aromatic heterocycles. The zero-order valence-corrected chi connectivity index (χ0v) is 8.37. The van der Waals surface area contributed by atoms with E-state index < -0.39 is 18.7 Å². The lowest BCUT2D eigenvalue weighted by molar-refractivity contribution is -0.126. The van der Waals surface area contributed by atoms with Gasteiger partial charge in [-0.2, -0.15) is 0 Å². The Balaban J connectivity index is 2.53. The van der Waals surface area contributed by atoms with Gasteiger partial charge in [-0.05, 0) is 6.92 Å². The van der Waals surface area contributed by atoms with Gasteiger partial charge in [-0.3, -0.25) is 9.59 Å². The molecule has 2 atom stereocenters. The van der Waals surface area contributed by atoms with Crippen LogP contribution in [0.5, 0.6) is 0 Å². The summed E-state index contributed by atoms with van der Waals surface area (Å²) in [6, 6.07) is 0. The van der Waals surface area contributed by atoms with Gasteiger partial charge in [-0.15, -0.1) is 0 Å². The molecule has 1 aliphatic heterocycles. The molecule has 6 heteroatoms. The van der Waals surface area contributed by atoms with Crippen molar-refractivity contribution in [2.45, 2.75) is 39.5 Å². The van der Waals surface area contributed by atoms with E-state index in [-0.39, 0.29) is 11.8 Å². The molecule has 0 spiro atoms. The van der Waals surface area contributed by atoms with Crippen LogP contribution in [0.3, 0.4) is 0 Å². The number of carbonyl (C=O) groups excluding carboxylic acids is 2. The minimum absolute atomic E-state index is 0.233. The predicted octanol–water partition coefficient (Wildman–Crippen LogP) is -0.696. The summed E-state index contributed by atoms with van der Waals surface area (Å²) in [6.45, 7) is 4.44. The van der Waals surface area contributed by atoms with Crippen LogP contribution in [0.2, 0.25) is 0 Å². The van der Waals surface area contributed by atoms with Crippen LogP contribution >= 0.6 is 0 Å². The van der Waals surface area contributed by atoms with Crippen LogP contribution in [0.1, 0.15) is 20.8 Å². The summed E-state index contributed by atoms with van der Waals surface area (Å²) < 4.78 is 10.4. The minimum Gasteiger partial charge on any atom is -0.327 e. The highest BCUT2D eigenvalue weighted by molar-refractivity contribution is 5.74. The van der Waals surface area contributed by atoms with Crippen molar-refractivity contribution in [3.05, 3.63) is 0 Å². The summed E-state index contributed by atoms with van der Waals surface area (Å²) in [7, 11) is 0. The first kappa shape index (κ1) is 10.9. The first-order valence-electron chi connectivity index (χ1n) is 4.34. The lowest BCUT2D eigenvalue weighted by atomic mass is 10.4. The van der Waals surface area contributed by atoms with Crippen molar-refractivity contribution in [2.75, 3.05) is 0 Å². The van der Waals surface area contributed by atoms with E-state index in [4.69, 9.17) is 9.47 Å². The topological polar surface area (TPSA) is 76.7 Å². The van der Waals surface area contributed by atoms with E-state index in [1.807, 2.05) is 0 Å². The maximum absolute atomic E-state index is 10.8. The van der Waals surface area contributed by atoms with Crippen LogP contribution in [-0.2, 0) is 19.1 Å². The van der Waals surface area contributed by atoms with Gasteiger partial charge >= 0.3 is 0 Å². The highest BCUT2D eigenvalue weighted by Crippen LogP contribution is 2.14. The van der Waals surface area contributed by atoms with Crippen molar-refractivity contribution in [1.29, 1.82) is 0 Å². The van der Waals surface area contributed by atoms with E-state index in [0.29, 0.717) is 0 Å². The Hall–Kier alpha value is -1.14. The molecule has 2 unspecified atom stereocenters. The second kappa shape index (κ2) is 4.39. The van der Waals surface area contributed by atoms with Crippen LogP contribution in [-0.4, -0.2) is 30.6 Å². The van der Waals surface area contributed by atoms with Crippen molar-refractivity contribution in [2.24, 2.45) is 0 Å². The zero-order chi connectivity index (χ0) is 10.7.